The summed E-state index contributed by atoms with van der Waals surface area (Å²) in [5.41, 5.74) is 4.61. The summed E-state index contributed by atoms with van der Waals surface area (Å²) in [4.78, 5) is 19.0. The molecule has 1 amide bonds. The Balaban J connectivity index is 1.50. The van der Waals surface area contributed by atoms with Gasteiger partial charge in [0.05, 0.1) is 6.04 Å². The highest BCUT2D eigenvalue weighted by atomic mass is 16.6. The Kier molecular flexibility index (Phi) is 4.74. The molecule has 0 aliphatic carbocycles. The van der Waals surface area contributed by atoms with Crippen LogP contribution in [0.25, 0.3) is 5.57 Å². The van der Waals surface area contributed by atoms with Crippen LogP contribution in [0, 0.1) is 6.92 Å². The van der Waals surface area contributed by atoms with Gasteiger partial charge in [0.25, 0.3) is 0 Å². The van der Waals surface area contributed by atoms with Gasteiger partial charge in [-0.05, 0) is 61.4 Å². The van der Waals surface area contributed by atoms with Crippen molar-refractivity contribution in [1.82, 2.24) is 9.88 Å². The van der Waals surface area contributed by atoms with Gasteiger partial charge < -0.3 is 4.74 Å². The van der Waals surface area contributed by atoms with Crippen LogP contribution in [-0.2, 0) is 11.3 Å². The van der Waals surface area contributed by atoms with Gasteiger partial charge in [0, 0.05) is 17.9 Å². The summed E-state index contributed by atoms with van der Waals surface area (Å²) in [7, 11) is 0. The standard InChI is InChI=1S/C22H24N2O2/c1-16-12-18(10-11-23-16)19-13-20-8-5-9-21(14-19)24(20)22(25)26-15-17-6-3-2-4-7-17/h2-4,6-7,10-13,20-21H,5,8-9,14-15H2,1H3. The van der Waals surface area contributed by atoms with Crippen molar-refractivity contribution in [3.8, 4) is 0 Å². The third-order valence-corrected chi connectivity index (χ3v) is 5.32. The van der Waals surface area contributed by atoms with Gasteiger partial charge in [-0.3, -0.25) is 9.88 Å². The summed E-state index contributed by atoms with van der Waals surface area (Å²) < 4.78 is 5.61. The molecule has 4 nitrogen and oxygen atoms in total. The first-order valence-electron chi connectivity index (χ1n) is 9.33. The number of hydrogen-bond acceptors (Lipinski definition) is 3. The molecule has 1 aromatic heterocycles. The number of hydrogen-bond donors (Lipinski definition) is 0. The van der Waals surface area contributed by atoms with E-state index < -0.39 is 0 Å². The van der Waals surface area contributed by atoms with Crippen molar-refractivity contribution in [2.24, 2.45) is 0 Å². The maximum atomic E-state index is 12.7. The lowest BCUT2D eigenvalue weighted by Gasteiger charge is -2.44. The van der Waals surface area contributed by atoms with Crippen molar-refractivity contribution >= 4 is 11.7 Å². The predicted octanol–water partition coefficient (Wildman–Crippen LogP) is 4.74. The number of fused-ring (bicyclic) bond motifs is 2. The molecule has 2 aliphatic heterocycles. The topological polar surface area (TPSA) is 42.4 Å². The van der Waals surface area contributed by atoms with Crippen molar-refractivity contribution in [1.29, 1.82) is 0 Å². The van der Waals surface area contributed by atoms with Crippen molar-refractivity contribution in [2.75, 3.05) is 0 Å². The Bertz CT molecular complexity index is 816. The van der Waals surface area contributed by atoms with Gasteiger partial charge in [0.1, 0.15) is 6.61 Å². The van der Waals surface area contributed by atoms with Crippen LogP contribution in [0.5, 0.6) is 0 Å². The molecule has 0 N–H and O–H groups in total. The van der Waals surface area contributed by atoms with E-state index in [1.807, 2.05) is 48.4 Å². The summed E-state index contributed by atoms with van der Waals surface area (Å²) >= 11 is 0. The maximum absolute atomic E-state index is 12.7. The fraction of sp³-hybridized carbons (Fsp3) is 0.364. The van der Waals surface area contributed by atoms with Gasteiger partial charge in [-0.25, -0.2) is 4.79 Å². The molecule has 2 bridgehead atoms. The summed E-state index contributed by atoms with van der Waals surface area (Å²) in [5, 5.41) is 0. The number of rotatable bonds is 3. The molecule has 1 fully saturated rings. The molecule has 134 valence electrons. The molecule has 2 aromatic rings. The third-order valence-electron chi connectivity index (χ3n) is 5.32. The van der Waals surface area contributed by atoms with E-state index in [-0.39, 0.29) is 18.2 Å². The van der Waals surface area contributed by atoms with E-state index in [4.69, 9.17) is 4.74 Å². The lowest BCUT2D eigenvalue weighted by molar-refractivity contribution is 0.0510. The molecule has 0 saturated carbocycles. The van der Waals surface area contributed by atoms with Crippen molar-refractivity contribution in [2.45, 2.75) is 51.3 Å². The second kappa shape index (κ2) is 7.32. The zero-order chi connectivity index (χ0) is 17.9. The van der Waals surface area contributed by atoms with E-state index in [0.717, 1.165) is 36.9 Å². The van der Waals surface area contributed by atoms with Crippen LogP contribution in [0.15, 0.2) is 54.7 Å². The minimum absolute atomic E-state index is 0.134. The van der Waals surface area contributed by atoms with Gasteiger partial charge in [-0.1, -0.05) is 36.4 Å². The quantitative estimate of drug-likeness (QED) is 0.805. The SMILES string of the molecule is Cc1cc(C2=CC3CCCC(C2)N3C(=O)OCc2ccccc2)ccn1. The summed E-state index contributed by atoms with van der Waals surface area (Å²) in [5.74, 6) is 0. The van der Waals surface area contributed by atoms with Crippen LogP contribution in [0.1, 0.15) is 42.5 Å². The molecule has 0 spiro atoms. The molecule has 1 saturated heterocycles. The second-order valence-electron chi connectivity index (χ2n) is 7.18. The minimum Gasteiger partial charge on any atom is -0.445 e. The molecule has 2 aliphatic rings. The number of pyridine rings is 1. The number of carbonyl (C=O) groups is 1. The highest BCUT2D eigenvalue weighted by Gasteiger charge is 2.38. The van der Waals surface area contributed by atoms with Crippen molar-refractivity contribution in [3.05, 3.63) is 71.6 Å². The second-order valence-corrected chi connectivity index (χ2v) is 7.18. The third kappa shape index (κ3) is 3.50. The largest absolute Gasteiger partial charge is 0.445 e. The highest BCUT2D eigenvalue weighted by molar-refractivity contribution is 5.74. The first-order chi connectivity index (χ1) is 12.7. The monoisotopic (exact) mass is 348 g/mol. The van der Waals surface area contributed by atoms with Crippen LogP contribution in [-0.4, -0.2) is 28.1 Å². The molecular formula is C22H24N2O2. The molecule has 4 heteroatoms. The smallest absolute Gasteiger partial charge is 0.410 e. The first kappa shape index (κ1) is 16.8. The van der Waals surface area contributed by atoms with E-state index >= 15 is 0 Å². The molecular weight excluding hydrogens is 324 g/mol. The van der Waals surface area contributed by atoms with Gasteiger partial charge in [0.15, 0.2) is 0 Å². The fourth-order valence-electron chi connectivity index (χ4n) is 4.07. The number of carbonyl (C=O) groups excluding carboxylic acids is 1. The van der Waals surface area contributed by atoms with Gasteiger partial charge in [-0.15, -0.1) is 0 Å². The average molecular weight is 348 g/mol. The number of benzene rings is 1. The number of aryl methyl sites for hydroxylation is 1. The number of nitrogens with zero attached hydrogens (tertiary/aromatic N) is 2. The highest BCUT2D eigenvalue weighted by Crippen LogP contribution is 2.37. The Hall–Kier alpha value is -2.62. The molecule has 26 heavy (non-hydrogen) atoms. The van der Waals surface area contributed by atoms with E-state index in [9.17, 15) is 4.79 Å². The van der Waals surface area contributed by atoms with Gasteiger partial charge in [0.2, 0.25) is 0 Å². The Morgan fingerprint density at radius 1 is 1.23 bits per heavy atom. The molecule has 0 radical (unpaired) electrons. The lowest BCUT2D eigenvalue weighted by Crippen LogP contribution is -2.51. The maximum Gasteiger partial charge on any atom is 0.410 e. The van der Waals surface area contributed by atoms with E-state index in [0.29, 0.717) is 6.61 Å². The van der Waals surface area contributed by atoms with Crippen molar-refractivity contribution < 1.29 is 9.53 Å². The van der Waals surface area contributed by atoms with E-state index in [1.165, 1.54) is 11.1 Å². The number of piperidine rings is 1. The molecule has 3 heterocycles. The Labute approximate surface area is 154 Å². The summed E-state index contributed by atoms with van der Waals surface area (Å²) in [6.07, 6.45) is 8.03. The van der Waals surface area contributed by atoms with Crippen LogP contribution >= 0.6 is 0 Å². The number of ether oxygens (including phenoxy) is 1. The normalized spacial score (nSPS) is 21.9. The molecule has 4 rings (SSSR count). The summed E-state index contributed by atoms with van der Waals surface area (Å²) in [6, 6.07) is 14.4. The fourth-order valence-corrected chi connectivity index (χ4v) is 4.07. The Morgan fingerprint density at radius 2 is 2.08 bits per heavy atom. The summed E-state index contributed by atoms with van der Waals surface area (Å²) in [6.45, 7) is 2.34. The van der Waals surface area contributed by atoms with E-state index in [1.54, 1.807) is 0 Å². The van der Waals surface area contributed by atoms with Crippen LogP contribution in [0.4, 0.5) is 4.79 Å². The van der Waals surface area contributed by atoms with Crippen LogP contribution in [0.2, 0.25) is 0 Å². The first-order valence-corrected chi connectivity index (χ1v) is 9.33. The zero-order valence-corrected chi connectivity index (χ0v) is 15.1. The van der Waals surface area contributed by atoms with Crippen LogP contribution < -0.4 is 0 Å². The molecule has 2 unspecified atom stereocenters. The molecule has 2 atom stereocenters. The predicted molar refractivity (Wildman–Crippen MR) is 101 cm³/mol. The zero-order valence-electron chi connectivity index (χ0n) is 15.1. The molecule has 1 aromatic carbocycles. The average Bonchev–Trinajstić information content (AvgIpc) is 2.66. The van der Waals surface area contributed by atoms with E-state index in [2.05, 4.69) is 23.2 Å². The minimum atomic E-state index is -0.190. The van der Waals surface area contributed by atoms with Gasteiger partial charge in [-0.2, -0.15) is 0 Å². The lowest BCUT2D eigenvalue weighted by atomic mass is 9.83. The Morgan fingerprint density at radius 3 is 2.85 bits per heavy atom. The number of aromatic nitrogens is 1. The van der Waals surface area contributed by atoms with Crippen LogP contribution in [0.3, 0.4) is 0 Å². The number of amides is 1. The van der Waals surface area contributed by atoms with Gasteiger partial charge >= 0.3 is 6.09 Å². The van der Waals surface area contributed by atoms with Crippen molar-refractivity contribution in [3.63, 3.8) is 0 Å².